The first-order chi connectivity index (χ1) is 12.9. The molecular formula is C19H15Cl2NO5. The third kappa shape index (κ3) is 4.72. The summed E-state index contributed by atoms with van der Waals surface area (Å²) in [6.07, 6.45) is 2.71. The van der Waals surface area contributed by atoms with Gasteiger partial charge in [0.1, 0.15) is 0 Å². The number of carbonyl (C=O) groups excluding carboxylic acids is 2. The highest BCUT2D eigenvalue weighted by Crippen LogP contribution is 2.40. The minimum absolute atomic E-state index is 0.103. The SMILES string of the molecule is Cc1c(Cl)cccc1NC(=O)COC(=O)/C=C/c1cc(Cl)c2c(c1)OCO2. The molecule has 0 spiro atoms. The van der Waals surface area contributed by atoms with Crippen LogP contribution in [0.1, 0.15) is 11.1 Å². The van der Waals surface area contributed by atoms with Crippen LogP contribution in [-0.4, -0.2) is 25.3 Å². The summed E-state index contributed by atoms with van der Waals surface area (Å²) in [5.74, 6) is -0.147. The lowest BCUT2D eigenvalue weighted by molar-refractivity contribution is -0.142. The van der Waals surface area contributed by atoms with Crippen molar-refractivity contribution in [2.45, 2.75) is 6.92 Å². The third-order valence-electron chi connectivity index (χ3n) is 3.75. The van der Waals surface area contributed by atoms with Gasteiger partial charge in [0.15, 0.2) is 18.1 Å². The maximum Gasteiger partial charge on any atom is 0.331 e. The molecule has 0 saturated carbocycles. The van der Waals surface area contributed by atoms with E-state index in [1.165, 1.54) is 12.2 Å². The highest BCUT2D eigenvalue weighted by atomic mass is 35.5. The molecule has 0 aromatic heterocycles. The molecule has 0 radical (unpaired) electrons. The summed E-state index contributed by atoms with van der Waals surface area (Å²) in [6.45, 7) is 1.46. The van der Waals surface area contributed by atoms with E-state index in [0.717, 1.165) is 5.56 Å². The van der Waals surface area contributed by atoms with Crippen molar-refractivity contribution in [3.05, 3.63) is 57.6 Å². The molecule has 1 aliphatic rings. The lowest BCUT2D eigenvalue weighted by Gasteiger charge is -2.09. The minimum Gasteiger partial charge on any atom is -0.454 e. The summed E-state index contributed by atoms with van der Waals surface area (Å²) < 4.78 is 15.4. The maximum atomic E-state index is 11.9. The summed E-state index contributed by atoms with van der Waals surface area (Å²) in [7, 11) is 0. The Labute approximate surface area is 165 Å². The zero-order valence-electron chi connectivity index (χ0n) is 14.3. The van der Waals surface area contributed by atoms with Crippen LogP contribution in [0.25, 0.3) is 6.08 Å². The summed E-state index contributed by atoms with van der Waals surface area (Å²) in [5, 5.41) is 3.56. The van der Waals surface area contributed by atoms with E-state index in [-0.39, 0.29) is 6.79 Å². The fraction of sp³-hybridized carbons (Fsp3) is 0.158. The monoisotopic (exact) mass is 407 g/mol. The molecule has 8 heteroatoms. The van der Waals surface area contributed by atoms with E-state index < -0.39 is 18.5 Å². The summed E-state index contributed by atoms with van der Waals surface area (Å²) >= 11 is 12.1. The van der Waals surface area contributed by atoms with Gasteiger partial charge in [0.25, 0.3) is 5.91 Å². The molecule has 0 unspecified atom stereocenters. The van der Waals surface area contributed by atoms with Crippen LogP contribution < -0.4 is 14.8 Å². The van der Waals surface area contributed by atoms with Crippen molar-refractivity contribution in [2.75, 3.05) is 18.7 Å². The molecule has 27 heavy (non-hydrogen) atoms. The third-order valence-corrected chi connectivity index (χ3v) is 4.44. The molecule has 0 fully saturated rings. The molecule has 140 valence electrons. The first-order valence-electron chi connectivity index (χ1n) is 7.93. The molecule has 0 bridgehead atoms. The molecule has 1 aliphatic heterocycles. The predicted octanol–water partition coefficient (Wildman–Crippen LogP) is 4.23. The summed E-state index contributed by atoms with van der Waals surface area (Å²) in [5.41, 5.74) is 1.94. The normalized spacial score (nSPS) is 12.3. The van der Waals surface area contributed by atoms with Crippen LogP contribution in [0.5, 0.6) is 11.5 Å². The fourth-order valence-electron chi connectivity index (χ4n) is 2.36. The highest BCUT2D eigenvalue weighted by Gasteiger charge is 2.17. The van der Waals surface area contributed by atoms with Gasteiger partial charge in [-0.3, -0.25) is 4.79 Å². The van der Waals surface area contributed by atoms with Crippen molar-refractivity contribution in [3.8, 4) is 11.5 Å². The van der Waals surface area contributed by atoms with Crippen LogP contribution in [0.3, 0.4) is 0 Å². The van der Waals surface area contributed by atoms with E-state index in [1.54, 1.807) is 37.3 Å². The second-order valence-corrected chi connectivity index (χ2v) is 6.45. The van der Waals surface area contributed by atoms with Gasteiger partial charge in [0.05, 0.1) is 5.02 Å². The quantitative estimate of drug-likeness (QED) is 0.592. The van der Waals surface area contributed by atoms with Gasteiger partial charge >= 0.3 is 5.97 Å². The van der Waals surface area contributed by atoms with Gasteiger partial charge in [-0.1, -0.05) is 29.3 Å². The van der Waals surface area contributed by atoms with Crippen LogP contribution in [-0.2, 0) is 14.3 Å². The number of hydrogen-bond donors (Lipinski definition) is 1. The number of nitrogens with one attached hydrogen (secondary N) is 1. The van der Waals surface area contributed by atoms with E-state index in [4.69, 9.17) is 37.4 Å². The van der Waals surface area contributed by atoms with Gasteiger partial charge in [-0.25, -0.2) is 4.79 Å². The lowest BCUT2D eigenvalue weighted by Crippen LogP contribution is -2.20. The molecule has 1 N–H and O–H groups in total. The Morgan fingerprint density at radius 2 is 2.04 bits per heavy atom. The number of halogens is 2. The Morgan fingerprint density at radius 1 is 1.22 bits per heavy atom. The first-order valence-corrected chi connectivity index (χ1v) is 8.68. The average molecular weight is 408 g/mol. The zero-order valence-corrected chi connectivity index (χ0v) is 15.8. The van der Waals surface area contributed by atoms with E-state index in [9.17, 15) is 9.59 Å². The molecule has 1 amide bonds. The van der Waals surface area contributed by atoms with Crippen LogP contribution in [0, 0.1) is 6.92 Å². The predicted molar refractivity (Wildman–Crippen MR) is 102 cm³/mol. The minimum atomic E-state index is -0.665. The lowest BCUT2D eigenvalue weighted by atomic mass is 10.2. The van der Waals surface area contributed by atoms with Crippen LogP contribution in [0.2, 0.25) is 10.0 Å². The molecule has 2 aromatic rings. The number of benzene rings is 2. The maximum absolute atomic E-state index is 11.9. The highest BCUT2D eigenvalue weighted by molar-refractivity contribution is 6.32. The standard InChI is InChI=1S/C19H15Cl2NO5/c1-11-13(20)3-2-4-15(11)22-17(23)9-25-18(24)6-5-12-7-14(21)19-16(8-12)26-10-27-19/h2-8H,9-10H2,1H3,(H,22,23)/b6-5+. The molecule has 3 rings (SSSR count). The van der Waals surface area contributed by atoms with Crippen LogP contribution in [0.15, 0.2) is 36.4 Å². The second-order valence-electron chi connectivity index (χ2n) is 5.64. The van der Waals surface area contributed by atoms with E-state index in [1.807, 2.05) is 0 Å². The molecular weight excluding hydrogens is 393 g/mol. The largest absolute Gasteiger partial charge is 0.454 e. The Morgan fingerprint density at radius 3 is 2.85 bits per heavy atom. The Bertz CT molecular complexity index is 927. The molecule has 1 heterocycles. The average Bonchev–Trinajstić information content (AvgIpc) is 3.11. The second kappa shape index (κ2) is 8.33. The van der Waals surface area contributed by atoms with Crippen molar-refractivity contribution in [3.63, 3.8) is 0 Å². The topological polar surface area (TPSA) is 73.9 Å². The number of fused-ring (bicyclic) bond motifs is 1. The Hall–Kier alpha value is -2.70. The van der Waals surface area contributed by atoms with Gasteiger partial charge in [-0.05, 0) is 48.4 Å². The van der Waals surface area contributed by atoms with Gasteiger partial charge in [0.2, 0.25) is 6.79 Å². The fourth-order valence-corrected chi connectivity index (χ4v) is 2.81. The molecule has 0 aliphatic carbocycles. The van der Waals surface area contributed by atoms with Gasteiger partial charge in [-0.2, -0.15) is 0 Å². The Kier molecular flexibility index (Phi) is 5.88. The van der Waals surface area contributed by atoms with Gasteiger partial charge in [-0.15, -0.1) is 0 Å². The number of rotatable bonds is 5. The summed E-state index contributed by atoms with van der Waals surface area (Å²) in [6, 6.07) is 8.47. The van der Waals surface area contributed by atoms with Crippen LogP contribution >= 0.6 is 23.2 Å². The van der Waals surface area contributed by atoms with Crippen molar-refractivity contribution >= 4 is 46.8 Å². The number of hydrogen-bond acceptors (Lipinski definition) is 5. The van der Waals surface area contributed by atoms with Crippen LogP contribution in [0.4, 0.5) is 5.69 Å². The van der Waals surface area contributed by atoms with Crippen molar-refractivity contribution in [1.82, 2.24) is 0 Å². The molecule has 6 nitrogen and oxygen atoms in total. The van der Waals surface area contributed by atoms with Crippen molar-refractivity contribution in [2.24, 2.45) is 0 Å². The molecule has 2 aromatic carbocycles. The Balaban J connectivity index is 1.54. The smallest absolute Gasteiger partial charge is 0.331 e. The zero-order chi connectivity index (χ0) is 19.4. The van der Waals surface area contributed by atoms with Gasteiger partial charge in [0, 0.05) is 16.8 Å². The van der Waals surface area contributed by atoms with Crippen molar-refractivity contribution < 1.29 is 23.8 Å². The number of carbonyl (C=O) groups is 2. The molecule has 0 atom stereocenters. The van der Waals surface area contributed by atoms with Gasteiger partial charge < -0.3 is 19.5 Å². The number of anilines is 1. The first kappa shape index (κ1) is 19.1. The van der Waals surface area contributed by atoms with Crippen molar-refractivity contribution in [1.29, 1.82) is 0 Å². The number of amides is 1. The summed E-state index contributed by atoms with van der Waals surface area (Å²) in [4.78, 5) is 23.7. The number of esters is 1. The molecule has 0 saturated heterocycles. The number of ether oxygens (including phenoxy) is 3. The van der Waals surface area contributed by atoms with E-state index >= 15 is 0 Å². The van der Waals surface area contributed by atoms with E-state index in [2.05, 4.69) is 5.32 Å². The van der Waals surface area contributed by atoms with E-state index in [0.29, 0.717) is 32.8 Å².